The molecule has 3 rings (SSSR count). The summed E-state index contributed by atoms with van der Waals surface area (Å²) in [7, 11) is 0. The quantitative estimate of drug-likeness (QED) is 0.514. The third kappa shape index (κ3) is 4.99. The Kier molecular flexibility index (Phi) is 5.53. The molecule has 0 unspecified atom stereocenters. The van der Waals surface area contributed by atoms with E-state index in [0.717, 1.165) is 21.5 Å². The zero-order valence-electron chi connectivity index (χ0n) is 13.1. The Hall–Kier alpha value is -2.99. The van der Waals surface area contributed by atoms with Crippen LogP contribution in [0.5, 0.6) is 11.5 Å². The number of hydrogen-bond donors (Lipinski definition) is 1. The highest BCUT2D eigenvalue weighted by molar-refractivity contribution is 9.10. The maximum absolute atomic E-state index is 11.8. The van der Waals surface area contributed by atoms with E-state index >= 15 is 0 Å². The maximum Gasteiger partial charge on any atom is 0.271 e. The fraction of sp³-hybridized carbons (Fsp3) is 0. The van der Waals surface area contributed by atoms with Crippen molar-refractivity contribution in [3.05, 3.63) is 88.7 Å². The molecule has 0 saturated heterocycles. The molecule has 0 bridgehead atoms. The van der Waals surface area contributed by atoms with E-state index in [4.69, 9.17) is 4.74 Å². The number of hydrazone groups is 1. The van der Waals surface area contributed by atoms with Crippen molar-refractivity contribution in [2.24, 2.45) is 5.10 Å². The van der Waals surface area contributed by atoms with Crippen molar-refractivity contribution in [3.8, 4) is 11.5 Å². The van der Waals surface area contributed by atoms with Crippen molar-refractivity contribution in [2.75, 3.05) is 0 Å². The minimum atomic E-state index is -0.283. The van der Waals surface area contributed by atoms with E-state index in [1.165, 1.54) is 0 Å². The number of pyridine rings is 1. The molecule has 25 heavy (non-hydrogen) atoms. The Morgan fingerprint density at radius 1 is 0.960 bits per heavy atom. The van der Waals surface area contributed by atoms with Gasteiger partial charge in [-0.2, -0.15) is 5.10 Å². The van der Waals surface area contributed by atoms with Crippen LogP contribution in [0.3, 0.4) is 0 Å². The lowest BCUT2D eigenvalue weighted by Gasteiger charge is -2.05. The Balaban J connectivity index is 1.57. The van der Waals surface area contributed by atoms with Gasteiger partial charge in [-0.1, -0.05) is 15.9 Å². The minimum Gasteiger partial charge on any atom is -0.457 e. The van der Waals surface area contributed by atoms with Crippen LogP contribution >= 0.6 is 15.9 Å². The zero-order valence-corrected chi connectivity index (χ0v) is 14.7. The van der Waals surface area contributed by atoms with Crippen LogP contribution in [0.1, 0.15) is 15.9 Å². The van der Waals surface area contributed by atoms with Crippen LogP contribution in [0.4, 0.5) is 0 Å². The maximum atomic E-state index is 11.8. The summed E-state index contributed by atoms with van der Waals surface area (Å²) in [6, 6.07) is 18.2. The van der Waals surface area contributed by atoms with E-state index in [1.807, 2.05) is 48.5 Å². The third-order valence-electron chi connectivity index (χ3n) is 3.25. The van der Waals surface area contributed by atoms with Gasteiger partial charge in [-0.3, -0.25) is 9.78 Å². The van der Waals surface area contributed by atoms with E-state index in [-0.39, 0.29) is 5.91 Å². The van der Waals surface area contributed by atoms with Crippen LogP contribution in [0, 0.1) is 0 Å². The summed E-state index contributed by atoms with van der Waals surface area (Å²) in [6.45, 7) is 0. The van der Waals surface area contributed by atoms with Gasteiger partial charge in [-0.25, -0.2) is 5.43 Å². The van der Waals surface area contributed by atoms with Crippen LogP contribution in [-0.4, -0.2) is 17.1 Å². The van der Waals surface area contributed by atoms with Crippen LogP contribution in [0.2, 0.25) is 0 Å². The summed E-state index contributed by atoms with van der Waals surface area (Å²) in [5, 5.41) is 3.95. The monoisotopic (exact) mass is 395 g/mol. The number of nitrogens with one attached hydrogen (secondary N) is 1. The summed E-state index contributed by atoms with van der Waals surface area (Å²) in [4.78, 5) is 15.7. The van der Waals surface area contributed by atoms with Gasteiger partial charge in [0.2, 0.25) is 0 Å². The van der Waals surface area contributed by atoms with Gasteiger partial charge in [0.1, 0.15) is 11.5 Å². The summed E-state index contributed by atoms with van der Waals surface area (Å²) < 4.78 is 6.75. The number of carbonyl (C=O) groups excluding carboxylic acids is 1. The number of rotatable bonds is 5. The second-order valence-corrected chi connectivity index (χ2v) is 5.98. The van der Waals surface area contributed by atoms with Gasteiger partial charge < -0.3 is 4.74 Å². The number of amides is 1. The lowest BCUT2D eigenvalue weighted by atomic mass is 10.2. The molecule has 0 spiro atoms. The van der Waals surface area contributed by atoms with E-state index < -0.39 is 0 Å². The summed E-state index contributed by atoms with van der Waals surface area (Å²) in [5.74, 6) is 1.20. The predicted octanol–water partition coefficient (Wildman–Crippen LogP) is 4.40. The third-order valence-corrected chi connectivity index (χ3v) is 3.78. The van der Waals surface area contributed by atoms with Gasteiger partial charge in [-0.05, 0) is 66.2 Å². The summed E-state index contributed by atoms with van der Waals surface area (Å²) >= 11 is 3.39. The largest absolute Gasteiger partial charge is 0.457 e. The molecule has 0 fully saturated rings. The smallest absolute Gasteiger partial charge is 0.271 e. The number of ether oxygens (including phenoxy) is 1. The molecular weight excluding hydrogens is 382 g/mol. The molecule has 3 aromatic rings. The van der Waals surface area contributed by atoms with E-state index in [2.05, 4.69) is 31.4 Å². The van der Waals surface area contributed by atoms with Crippen molar-refractivity contribution < 1.29 is 9.53 Å². The molecule has 2 aromatic carbocycles. The van der Waals surface area contributed by atoms with Crippen LogP contribution in [0.25, 0.3) is 0 Å². The second-order valence-electron chi connectivity index (χ2n) is 5.06. The fourth-order valence-electron chi connectivity index (χ4n) is 1.99. The van der Waals surface area contributed by atoms with Crippen LogP contribution in [0.15, 0.2) is 82.6 Å². The van der Waals surface area contributed by atoms with Crippen molar-refractivity contribution in [3.63, 3.8) is 0 Å². The number of benzene rings is 2. The normalized spacial score (nSPS) is 10.6. The summed E-state index contributed by atoms with van der Waals surface area (Å²) in [5.41, 5.74) is 3.82. The first-order chi connectivity index (χ1) is 12.2. The first-order valence-electron chi connectivity index (χ1n) is 7.47. The molecule has 0 radical (unpaired) electrons. The Bertz CT molecular complexity index is 863. The standard InChI is InChI=1S/C19H14BrN3O2/c20-16-3-7-18(8-4-16)25-17-5-1-14(2-6-17)13-22-23-19(24)15-9-11-21-12-10-15/h1-13H,(H,23,24)/b22-13+. The molecule has 0 saturated carbocycles. The molecule has 1 N–H and O–H groups in total. The lowest BCUT2D eigenvalue weighted by molar-refractivity contribution is 0.0955. The number of hydrogen-bond acceptors (Lipinski definition) is 4. The van der Waals surface area contributed by atoms with Crippen molar-refractivity contribution in [2.45, 2.75) is 0 Å². The molecule has 1 amide bonds. The highest BCUT2D eigenvalue weighted by atomic mass is 79.9. The highest BCUT2D eigenvalue weighted by Crippen LogP contribution is 2.23. The first-order valence-corrected chi connectivity index (χ1v) is 8.27. The van der Waals surface area contributed by atoms with Gasteiger partial charge in [0.05, 0.1) is 6.21 Å². The molecule has 0 aliphatic heterocycles. The van der Waals surface area contributed by atoms with Crippen molar-refractivity contribution in [1.82, 2.24) is 10.4 Å². The van der Waals surface area contributed by atoms with E-state index in [1.54, 1.807) is 30.7 Å². The van der Waals surface area contributed by atoms with Gasteiger partial charge in [0.25, 0.3) is 5.91 Å². The number of halogens is 1. The van der Waals surface area contributed by atoms with Crippen LogP contribution in [-0.2, 0) is 0 Å². The van der Waals surface area contributed by atoms with E-state index in [9.17, 15) is 4.79 Å². The van der Waals surface area contributed by atoms with Gasteiger partial charge in [0, 0.05) is 22.4 Å². The van der Waals surface area contributed by atoms with E-state index in [0.29, 0.717) is 5.56 Å². The SMILES string of the molecule is O=C(N/N=C/c1ccc(Oc2ccc(Br)cc2)cc1)c1ccncc1. The lowest BCUT2D eigenvalue weighted by Crippen LogP contribution is -2.17. The van der Waals surface area contributed by atoms with Gasteiger partial charge in [0.15, 0.2) is 0 Å². The molecule has 6 heteroatoms. The predicted molar refractivity (Wildman–Crippen MR) is 100.0 cm³/mol. The summed E-state index contributed by atoms with van der Waals surface area (Å²) in [6.07, 6.45) is 4.69. The van der Waals surface area contributed by atoms with Crippen molar-refractivity contribution in [1.29, 1.82) is 0 Å². The molecule has 0 aliphatic carbocycles. The number of nitrogens with zero attached hydrogens (tertiary/aromatic N) is 2. The Labute approximate surface area is 153 Å². The number of aromatic nitrogens is 1. The fourth-order valence-corrected chi connectivity index (χ4v) is 2.26. The zero-order chi connectivity index (χ0) is 17.5. The molecule has 1 aromatic heterocycles. The second kappa shape index (κ2) is 8.21. The Morgan fingerprint density at radius 2 is 1.56 bits per heavy atom. The molecule has 124 valence electrons. The molecule has 1 heterocycles. The molecule has 0 atom stereocenters. The number of carbonyl (C=O) groups is 1. The molecule has 5 nitrogen and oxygen atoms in total. The van der Waals surface area contributed by atoms with Gasteiger partial charge >= 0.3 is 0 Å². The first kappa shape index (κ1) is 16.9. The molecule has 0 aliphatic rings. The average Bonchev–Trinajstić information content (AvgIpc) is 2.66. The Morgan fingerprint density at radius 3 is 2.20 bits per heavy atom. The topological polar surface area (TPSA) is 63.6 Å². The highest BCUT2D eigenvalue weighted by Gasteiger charge is 2.02. The van der Waals surface area contributed by atoms with Crippen molar-refractivity contribution >= 4 is 28.1 Å². The molecular formula is C19H14BrN3O2. The minimum absolute atomic E-state index is 0.283. The van der Waals surface area contributed by atoms with Crippen LogP contribution < -0.4 is 10.2 Å². The average molecular weight is 396 g/mol. The van der Waals surface area contributed by atoms with Gasteiger partial charge in [-0.15, -0.1) is 0 Å².